The van der Waals surface area contributed by atoms with Crippen LogP contribution in [0.5, 0.6) is 0 Å². The topological polar surface area (TPSA) is 51.8 Å². The average Bonchev–Trinajstić information content (AvgIpc) is 2.05. The van der Waals surface area contributed by atoms with Gasteiger partial charge in [-0.1, -0.05) is 19.9 Å². The van der Waals surface area contributed by atoms with E-state index in [4.69, 9.17) is 5.73 Å². The van der Waals surface area contributed by atoms with Gasteiger partial charge >= 0.3 is 0 Å². The van der Waals surface area contributed by atoms with Crippen molar-refractivity contribution in [1.29, 1.82) is 0 Å². The lowest BCUT2D eigenvalue weighted by Crippen LogP contribution is -2.16. The molecule has 2 N–H and O–H groups in total. The van der Waals surface area contributed by atoms with Crippen LogP contribution in [-0.2, 0) is 5.41 Å². The van der Waals surface area contributed by atoms with Crippen LogP contribution in [0.2, 0.25) is 0 Å². The van der Waals surface area contributed by atoms with Crippen molar-refractivity contribution in [3.05, 3.63) is 30.6 Å². The van der Waals surface area contributed by atoms with Crippen LogP contribution >= 0.6 is 0 Å². The summed E-state index contributed by atoms with van der Waals surface area (Å²) < 4.78 is 0. The fourth-order valence-corrected chi connectivity index (χ4v) is 1.17. The quantitative estimate of drug-likeness (QED) is 0.717. The van der Waals surface area contributed by atoms with Crippen molar-refractivity contribution in [1.82, 2.24) is 9.97 Å². The van der Waals surface area contributed by atoms with E-state index in [-0.39, 0.29) is 5.41 Å². The zero-order chi connectivity index (χ0) is 9.90. The summed E-state index contributed by atoms with van der Waals surface area (Å²) in [5.41, 5.74) is 6.52. The second-order valence-electron chi connectivity index (χ2n) is 3.71. The Morgan fingerprint density at radius 2 is 2.00 bits per heavy atom. The minimum absolute atomic E-state index is 0.0372. The highest BCUT2D eigenvalue weighted by Crippen LogP contribution is 2.25. The molecule has 0 unspecified atom stereocenters. The van der Waals surface area contributed by atoms with Gasteiger partial charge in [-0.3, -0.25) is 0 Å². The maximum absolute atomic E-state index is 5.40. The average molecular weight is 177 g/mol. The number of hydrogen-bond acceptors (Lipinski definition) is 3. The lowest BCUT2D eigenvalue weighted by Gasteiger charge is -2.22. The smallest absolute Gasteiger partial charge is 0.219 e. The van der Waals surface area contributed by atoms with Crippen LogP contribution in [0.3, 0.4) is 0 Å². The Bertz CT molecular complexity index is 288. The van der Waals surface area contributed by atoms with E-state index in [9.17, 15) is 0 Å². The fraction of sp³-hybridized carbons (Fsp3) is 0.400. The Morgan fingerprint density at radius 3 is 2.46 bits per heavy atom. The van der Waals surface area contributed by atoms with Gasteiger partial charge in [0, 0.05) is 12.4 Å². The van der Waals surface area contributed by atoms with Gasteiger partial charge in [0.25, 0.3) is 0 Å². The Kier molecular flexibility index (Phi) is 2.66. The first kappa shape index (κ1) is 9.71. The van der Waals surface area contributed by atoms with E-state index in [2.05, 4.69) is 30.4 Å². The number of nitrogens with two attached hydrogens (primary N) is 1. The van der Waals surface area contributed by atoms with E-state index in [1.807, 2.05) is 6.08 Å². The molecule has 0 saturated carbocycles. The van der Waals surface area contributed by atoms with Crippen molar-refractivity contribution in [3.63, 3.8) is 0 Å². The van der Waals surface area contributed by atoms with Crippen molar-refractivity contribution in [2.24, 2.45) is 0 Å². The summed E-state index contributed by atoms with van der Waals surface area (Å²) in [7, 11) is 0. The third-order valence-electron chi connectivity index (χ3n) is 2.11. The summed E-state index contributed by atoms with van der Waals surface area (Å²) in [5.74, 6) is 0.318. The number of nitrogen functional groups attached to an aromatic ring is 1. The number of aromatic nitrogens is 2. The van der Waals surface area contributed by atoms with Crippen LogP contribution in [-0.4, -0.2) is 9.97 Å². The minimum Gasteiger partial charge on any atom is -0.368 e. The summed E-state index contributed by atoms with van der Waals surface area (Å²) in [5, 5.41) is 0. The summed E-state index contributed by atoms with van der Waals surface area (Å²) in [6.45, 7) is 7.98. The van der Waals surface area contributed by atoms with E-state index < -0.39 is 0 Å². The molecule has 13 heavy (non-hydrogen) atoms. The highest BCUT2D eigenvalue weighted by atomic mass is 15.0. The monoisotopic (exact) mass is 177 g/mol. The van der Waals surface area contributed by atoms with E-state index in [1.165, 1.54) is 0 Å². The summed E-state index contributed by atoms with van der Waals surface area (Å²) in [6, 6.07) is 0. The van der Waals surface area contributed by atoms with Crippen molar-refractivity contribution in [2.75, 3.05) is 5.73 Å². The molecule has 0 amide bonds. The number of rotatable bonds is 3. The lowest BCUT2D eigenvalue weighted by molar-refractivity contribution is 0.530. The Labute approximate surface area is 78.7 Å². The van der Waals surface area contributed by atoms with E-state index in [0.717, 1.165) is 12.0 Å². The minimum atomic E-state index is 0.0372. The van der Waals surface area contributed by atoms with E-state index in [1.54, 1.807) is 12.4 Å². The molecule has 0 atom stereocenters. The molecule has 1 aromatic rings. The number of anilines is 1. The Balaban J connectivity index is 2.93. The number of allylic oxidation sites excluding steroid dienone is 1. The van der Waals surface area contributed by atoms with Crippen molar-refractivity contribution >= 4 is 5.95 Å². The SMILES string of the molecule is C=CCC(C)(C)c1cnc(N)nc1. The first-order valence-electron chi connectivity index (χ1n) is 4.25. The number of nitrogens with zero attached hydrogens (tertiary/aromatic N) is 2. The van der Waals surface area contributed by atoms with Crippen LogP contribution in [0.25, 0.3) is 0 Å². The van der Waals surface area contributed by atoms with Crippen LogP contribution < -0.4 is 5.73 Å². The molecule has 0 saturated heterocycles. The molecule has 3 nitrogen and oxygen atoms in total. The van der Waals surface area contributed by atoms with Crippen LogP contribution in [0.1, 0.15) is 25.8 Å². The standard InChI is InChI=1S/C10H15N3/c1-4-5-10(2,3)8-6-12-9(11)13-7-8/h4,6-7H,1,5H2,2-3H3,(H2,11,12,13). The Hall–Kier alpha value is -1.38. The zero-order valence-corrected chi connectivity index (χ0v) is 8.12. The first-order chi connectivity index (χ1) is 6.06. The molecule has 3 heteroatoms. The first-order valence-corrected chi connectivity index (χ1v) is 4.25. The molecule has 0 aliphatic carbocycles. The van der Waals surface area contributed by atoms with Gasteiger partial charge in [-0.2, -0.15) is 0 Å². The van der Waals surface area contributed by atoms with Crippen LogP contribution in [0.4, 0.5) is 5.95 Å². The molecule has 1 aromatic heterocycles. The second-order valence-corrected chi connectivity index (χ2v) is 3.71. The molecule has 0 aliphatic heterocycles. The highest BCUT2D eigenvalue weighted by Gasteiger charge is 2.19. The van der Waals surface area contributed by atoms with Crippen molar-refractivity contribution < 1.29 is 0 Å². The Morgan fingerprint density at radius 1 is 1.46 bits per heavy atom. The molecule has 1 rings (SSSR count). The van der Waals surface area contributed by atoms with Crippen molar-refractivity contribution in [2.45, 2.75) is 25.7 Å². The van der Waals surface area contributed by atoms with Gasteiger partial charge < -0.3 is 5.73 Å². The second kappa shape index (κ2) is 3.56. The maximum atomic E-state index is 5.40. The van der Waals surface area contributed by atoms with Crippen LogP contribution in [0, 0.1) is 0 Å². The predicted octanol–water partition coefficient (Wildman–Crippen LogP) is 1.91. The predicted molar refractivity (Wildman–Crippen MR) is 54.3 cm³/mol. The highest BCUT2D eigenvalue weighted by molar-refractivity contribution is 5.23. The van der Waals surface area contributed by atoms with E-state index in [0.29, 0.717) is 5.95 Å². The molecular weight excluding hydrogens is 162 g/mol. The summed E-state index contributed by atoms with van der Waals surface area (Å²) >= 11 is 0. The third-order valence-corrected chi connectivity index (χ3v) is 2.11. The molecule has 1 heterocycles. The largest absolute Gasteiger partial charge is 0.368 e. The summed E-state index contributed by atoms with van der Waals surface area (Å²) in [4.78, 5) is 7.92. The van der Waals surface area contributed by atoms with Gasteiger partial charge in [-0.15, -0.1) is 6.58 Å². The molecule has 0 spiro atoms. The molecule has 70 valence electrons. The molecule has 0 aromatic carbocycles. The number of hydrogen-bond donors (Lipinski definition) is 1. The lowest BCUT2D eigenvalue weighted by atomic mass is 9.83. The van der Waals surface area contributed by atoms with Crippen LogP contribution in [0.15, 0.2) is 25.0 Å². The van der Waals surface area contributed by atoms with Gasteiger partial charge in [0.15, 0.2) is 0 Å². The van der Waals surface area contributed by atoms with Gasteiger partial charge in [-0.25, -0.2) is 9.97 Å². The zero-order valence-electron chi connectivity index (χ0n) is 8.12. The van der Waals surface area contributed by atoms with E-state index >= 15 is 0 Å². The molecule has 0 fully saturated rings. The van der Waals surface area contributed by atoms with Crippen molar-refractivity contribution in [3.8, 4) is 0 Å². The third kappa shape index (κ3) is 2.28. The fourth-order valence-electron chi connectivity index (χ4n) is 1.17. The molecular formula is C10H15N3. The maximum Gasteiger partial charge on any atom is 0.219 e. The van der Waals surface area contributed by atoms with Gasteiger partial charge in [0.1, 0.15) is 0 Å². The molecule has 0 bridgehead atoms. The molecule has 0 radical (unpaired) electrons. The molecule has 0 aliphatic rings. The van der Waals surface area contributed by atoms with Gasteiger partial charge in [0.2, 0.25) is 5.95 Å². The van der Waals surface area contributed by atoms with Gasteiger partial charge in [-0.05, 0) is 17.4 Å². The van der Waals surface area contributed by atoms with Gasteiger partial charge in [0.05, 0.1) is 0 Å². The summed E-state index contributed by atoms with van der Waals surface area (Å²) in [6.07, 6.45) is 6.34. The normalized spacial score (nSPS) is 11.2.